The zero-order chi connectivity index (χ0) is 14.4. The molecule has 1 aliphatic heterocycles. The van der Waals surface area contributed by atoms with E-state index in [1.165, 1.54) is 32.4 Å². The van der Waals surface area contributed by atoms with Crippen LogP contribution in [0.15, 0.2) is 0 Å². The van der Waals surface area contributed by atoms with Crippen LogP contribution >= 0.6 is 0 Å². The molecule has 0 aromatic rings. The highest BCUT2D eigenvalue weighted by molar-refractivity contribution is 5.85. The predicted molar refractivity (Wildman–Crippen MR) is 76.4 cm³/mol. The van der Waals surface area contributed by atoms with E-state index in [0.29, 0.717) is 13.0 Å². The average Bonchev–Trinajstić information content (AvgIpc) is 2.94. The van der Waals surface area contributed by atoms with Crippen molar-refractivity contribution in [2.75, 3.05) is 26.2 Å². The number of carbonyl (C=O) groups excluding carboxylic acids is 1. The van der Waals surface area contributed by atoms with Crippen LogP contribution in [0, 0.1) is 11.8 Å². The molecule has 0 aromatic heterocycles. The first-order chi connectivity index (χ1) is 9.68. The number of hydrogen-bond acceptors (Lipinski definition) is 3. The summed E-state index contributed by atoms with van der Waals surface area (Å²) in [4.78, 5) is 25.5. The van der Waals surface area contributed by atoms with E-state index in [9.17, 15) is 9.59 Å². The maximum Gasteiger partial charge on any atom is 0.307 e. The first kappa shape index (κ1) is 15.3. The standard InChI is InChI=1S/C15H26N2O3/c18-14(12-6-4-7-13(12)15(19)20)16-8-5-11-17-9-2-1-3-10-17/h12-13H,1-11H2,(H,16,18)(H,19,20). The molecule has 1 aliphatic carbocycles. The first-order valence-corrected chi connectivity index (χ1v) is 7.91. The van der Waals surface area contributed by atoms with Crippen LogP contribution in [-0.2, 0) is 9.59 Å². The fraction of sp³-hybridized carbons (Fsp3) is 0.867. The van der Waals surface area contributed by atoms with Crippen molar-refractivity contribution in [3.63, 3.8) is 0 Å². The van der Waals surface area contributed by atoms with Gasteiger partial charge in [-0.05, 0) is 51.7 Å². The molecule has 5 nitrogen and oxygen atoms in total. The summed E-state index contributed by atoms with van der Waals surface area (Å²) in [5.41, 5.74) is 0. The number of aliphatic carboxylic acids is 1. The molecule has 20 heavy (non-hydrogen) atoms. The number of piperidine rings is 1. The van der Waals surface area contributed by atoms with E-state index in [2.05, 4.69) is 10.2 Å². The van der Waals surface area contributed by atoms with Crippen LogP contribution in [0.2, 0.25) is 0 Å². The summed E-state index contributed by atoms with van der Waals surface area (Å²) < 4.78 is 0. The highest BCUT2D eigenvalue weighted by Gasteiger charge is 2.37. The topological polar surface area (TPSA) is 69.6 Å². The number of carboxylic acid groups (broad SMARTS) is 1. The van der Waals surface area contributed by atoms with E-state index in [-0.39, 0.29) is 11.8 Å². The first-order valence-electron chi connectivity index (χ1n) is 7.91. The van der Waals surface area contributed by atoms with Crippen molar-refractivity contribution in [1.29, 1.82) is 0 Å². The Morgan fingerprint density at radius 1 is 1.05 bits per heavy atom. The molecule has 2 fully saturated rings. The Bertz CT molecular complexity index is 340. The highest BCUT2D eigenvalue weighted by Crippen LogP contribution is 2.31. The second-order valence-electron chi connectivity index (χ2n) is 6.03. The van der Waals surface area contributed by atoms with Crippen LogP contribution in [0.1, 0.15) is 44.9 Å². The lowest BCUT2D eigenvalue weighted by Crippen LogP contribution is -2.37. The molecule has 2 atom stereocenters. The third-order valence-electron chi connectivity index (χ3n) is 4.57. The Hall–Kier alpha value is -1.10. The van der Waals surface area contributed by atoms with Gasteiger partial charge in [0.25, 0.3) is 0 Å². The van der Waals surface area contributed by atoms with Crippen LogP contribution < -0.4 is 5.32 Å². The summed E-state index contributed by atoms with van der Waals surface area (Å²) in [5, 5.41) is 12.0. The molecule has 0 aromatic carbocycles. The molecule has 1 saturated heterocycles. The second kappa shape index (κ2) is 7.62. The number of rotatable bonds is 6. The predicted octanol–water partition coefficient (Wildman–Crippen LogP) is 1.48. The summed E-state index contributed by atoms with van der Waals surface area (Å²) in [6, 6.07) is 0. The number of nitrogens with zero attached hydrogens (tertiary/aromatic N) is 1. The molecule has 2 unspecified atom stereocenters. The van der Waals surface area contributed by atoms with Gasteiger partial charge in [0.2, 0.25) is 5.91 Å². The minimum absolute atomic E-state index is 0.0615. The lowest BCUT2D eigenvalue weighted by Gasteiger charge is -2.26. The molecule has 0 bridgehead atoms. The molecule has 114 valence electrons. The smallest absolute Gasteiger partial charge is 0.307 e. The Morgan fingerprint density at radius 2 is 1.75 bits per heavy atom. The van der Waals surface area contributed by atoms with Crippen molar-refractivity contribution in [3.8, 4) is 0 Å². The maximum atomic E-state index is 12.0. The van der Waals surface area contributed by atoms with Gasteiger partial charge in [-0.15, -0.1) is 0 Å². The maximum absolute atomic E-state index is 12.0. The van der Waals surface area contributed by atoms with Crippen molar-refractivity contribution >= 4 is 11.9 Å². The number of nitrogens with one attached hydrogen (secondary N) is 1. The Kier molecular flexibility index (Phi) is 5.83. The van der Waals surface area contributed by atoms with Crippen LogP contribution in [0.3, 0.4) is 0 Å². The summed E-state index contributed by atoms with van der Waals surface area (Å²) >= 11 is 0. The van der Waals surface area contributed by atoms with Crippen molar-refractivity contribution < 1.29 is 14.7 Å². The molecule has 0 spiro atoms. The van der Waals surface area contributed by atoms with E-state index in [1.807, 2.05) is 0 Å². The Balaban J connectivity index is 1.63. The minimum atomic E-state index is -0.823. The lowest BCUT2D eigenvalue weighted by atomic mass is 9.95. The fourth-order valence-corrected chi connectivity index (χ4v) is 3.40. The molecule has 2 rings (SSSR count). The van der Waals surface area contributed by atoms with E-state index < -0.39 is 11.9 Å². The van der Waals surface area contributed by atoms with Gasteiger partial charge in [0.1, 0.15) is 0 Å². The van der Waals surface area contributed by atoms with Crippen molar-refractivity contribution in [2.45, 2.75) is 44.9 Å². The monoisotopic (exact) mass is 282 g/mol. The van der Waals surface area contributed by atoms with Gasteiger partial charge in [-0.3, -0.25) is 9.59 Å². The number of carboxylic acids is 1. The SMILES string of the molecule is O=C(O)C1CCCC1C(=O)NCCCN1CCCCC1. The van der Waals surface area contributed by atoms with Crippen molar-refractivity contribution in [2.24, 2.45) is 11.8 Å². The van der Waals surface area contributed by atoms with Crippen LogP contribution in [0.4, 0.5) is 0 Å². The summed E-state index contributed by atoms with van der Waals surface area (Å²) in [6.07, 6.45) is 7.07. The van der Waals surface area contributed by atoms with Crippen molar-refractivity contribution in [3.05, 3.63) is 0 Å². The minimum Gasteiger partial charge on any atom is -0.481 e. The van der Waals surface area contributed by atoms with E-state index >= 15 is 0 Å². The average molecular weight is 282 g/mol. The van der Waals surface area contributed by atoms with Crippen LogP contribution in [-0.4, -0.2) is 48.1 Å². The molecule has 1 saturated carbocycles. The molecule has 1 heterocycles. The highest BCUT2D eigenvalue weighted by atomic mass is 16.4. The molecule has 2 N–H and O–H groups in total. The molecule has 1 amide bonds. The van der Waals surface area contributed by atoms with E-state index in [4.69, 9.17) is 5.11 Å². The largest absolute Gasteiger partial charge is 0.481 e. The number of carbonyl (C=O) groups is 2. The summed E-state index contributed by atoms with van der Waals surface area (Å²) in [5.74, 6) is -1.68. The van der Waals surface area contributed by atoms with Crippen LogP contribution in [0.5, 0.6) is 0 Å². The third kappa shape index (κ3) is 4.20. The summed E-state index contributed by atoms with van der Waals surface area (Å²) in [6.45, 7) is 4.06. The molecular formula is C15H26N2O3. The van der Waals surface area contributed by atoms with Gasteiger partial charge in [0.05, 0.1) is 11.8 Å². The zero-order valence-corrected chi connectivity index (χ0v) is 12.1. The molecule has 0 radical (unpaired) electrons. The van der Waals surface area contributed by atoms with Crippen LogP contribution in [0.25, 0.3) is 0 Å². The van der Waals surface area contributed by atoms with Gasteiger partial charge in [0, 0.05) is 6.54 Å². The fourth-order valence-electron chi connectivity index (χ4n) is 3.40. The number of hydrogen-bond donors (Lipinski definition) is 2. The van der Waals surface area contributed by atoms with E-state index in [1.54, 1.807) is 0 Å². The normalized spacial score (nSPS) is 27.4. The van der Waals surface area contributed by atoms with Gasteiger partial charge in [-0.2, -0.15) is 0 Å². The van der Waals surface area contributed by atoms with Gasteiger partial charge < -0.3 is 15.3 Å². The Morgan fingerprint density at radius 3 is 2.45 bits per heavy atom. The van der Waals surface area contributed by atoms with Gasteiger partial charge in [-0.1, -0.05) is 12.8 Å². The molecule has 5 heteroatoms. The molecule has 2 aliphatic rings. The summed E-state index contributed by atoms with van der Waals surface area (Å²) in [7, 11) is 0. The van der Waals surface area contributed by atoms with E-state index in [0.717, 1.165) is 25.8 Å². The van der Waals surface area contributed by atoms with Gasteiger partial charge >= 0.3 is 5.97 Å². The van der Waals surface area contributed by atoms with Crippen molar-refractivity contribution in [1.82, 2.24) is 10.2 Å². The quantitative estimate of drug-likeness (QED) is 0.724. The second-order valence-corrected chi connectivity index (χ2v) is 6.03. The molecular weight excluding hydrogens is 256 g/mol. The number of likely N-dealkylation sites (tertiary alicyclic amines) is 1. The van der Waals surface area contributed by atoms with Gasteiger partial charge in [0.15, 0.2) is 0 Å². The Labute approximate surface area is 120 Å². The van der Waals surface area contributed by atoms with Gasteiger partial charge in [-0.25, -0.2) is 0 Å². The number of amides is 1. The lowest BCUT2D eigenvalue weighted by molar-refractivity contribution is -0.146. The third-order valence-corrected chi connectivity index (χ3v) is 4.57. The zero-order valence-electron chi connectivity index (χ0n) is 12.1.